The Morgan fingerprint density at radius 2 is 2.24 bits per heavy atom. The standard InChI is InChI=1S/C13H25NO3/c1-3-8-14-13(2,12(15)16)7-4-9-17-10-11-5-6-11/h11,14H,3-10H2,1-2H3,(H,15,16). The van der Waals surface area contributed by atoms with Gasteiger partial charge in [-0.05, 0) is 51.5 Å². The molecule has 0 aliphatic heterocycles. The molecule has 1 aliphatic carbocycles. The number of nitrogens with one attached hydrogen (secondary N) is 1. The molecule has 2 N–H and O–H groups in total. The molecule has 0 aromatic rings. The van der Waals surface area contributed by atoms with Gasteiger partial charge >= 0.3 is 5.97 Å². The first-order chi connectivity index (χ1) is 8.08. The molecule has 1 aliphatic rings. The van der Waals surface area contributed by atoms with Crippen molar-refractivity contribution in [1.82, 2.24) is 5.32 Å². The van der Waals surface area contributed by atoms with Gasteiger partial charge in [-0.2, -0.15) is 0 Å². The second-order valence-electron chi connectivity index (χ2n) is 5.19. The molecule has 1 unspecified atom stereocenters. The maximum absolute atomic E-state index is 11.2. The number of carboxylic acid groups (broad SMARTS) is 1. The number of ether oxygens (including phenoxy) is 1. The summed E-state index contributed by atoms with van der Waals surface area (Å²) < 4.78 is 5.52. The van der Waals surface area contributed by atoms with Crippen molar-refractivity contribution >= 4 is 5.97 Å². The molecule has 4 nitrogen and oxygen atoms in total. The molecule has 4 heteroatoms. The third kappa shape index (κ3) is 5.50. The molecule has 1 rings (SSSR count). The highest BCUT2D eigenvalue weighted by atomic mass is 16.5. The van der Waals surface area contributed by atoms with Gasteiger partial charge < -0.3 is 15.2 Å². The average Bonchev–Trinajstić information content (AvgIpc) is 3.09. The predicted octanol–water partition coefficient (Wildman–Crippen LogP) is 2.04. The van der Waals surface area contributed by atoms with Gasteiger partial charge in [0.25, 0.3) is 0 Å². The van der Waals surface area contributed by atoms with Gasteiger partial charge in [0.15, 0.2) is 0 Å². The molecule has 0 aromatic heterocycles. The van der Waals surface area contributed by atoms with E-state index >= 15 is 0 Å². The Hall–Kier alpha value is -0.610. The third-order valence-corrected chi connectivity index (χ3v) is 3.25. The van der Waals surface area contributed by atoms with Crippen LogP contribution in [-0.2, 0) is 9.53 Å². The van der Waals surface area contributed by atoms with E-state index in [1.807, 2.05) is 6.92 Å². The lowest BCUT2D eigenvalue weighted by atomic mass is 9.96. The Morgan fingerprint density at radius 1 is 1.53 bits per heavy atom. The van der Waals surface area contributed by atoms with Crippen molar-refractivity contribution in [3.8, 4) is 0 Å². The van der Waals surface area contributed by atoms with Crippen molar-refractivity contribution in [3.63, 3.8) is 0 Å². The van der Waals surface area contributed by atoms with Gasteiger partial charge in [-0.1, -0.05) is 6.92 Å². The first kappa shape index (κ1) is 14.5. The monoisotopic (exact) mass is 243 g/mol. The minimum absolute atomic E-state index is 0.618. The van der Waals surface area contributed by atoms with E-state index in [1.165, 1.54) is 12.8 Å². The number of rotatable bonds is 10. The van der Waals surface area contributed by atoms with Crippen LogP contribution in [0.2, 0.25) is 0 Å². The molecular weight excluding hydrogens is 218 g/mol. The number of carboxylic acids is 1. The lowest BCUT2D eigenvalue weighted by Crippen LogP contribution is -2.49. The summed E-state index contributed by atoms with van der Waals surface area (Å²) in [5.74, 6) is 0.00668. The van der Waals surface area contributed by atoms with E-state index < -0.39 is 11.5 Å². The smallest absolute Gasteiger partial charge is 0.323 e. The molecule has 0 saturated heterocycles. The van der Waals surface area contributed by atoms with E-state index in [-0.39, 0.29) is 0 Å². The highest BCUT2D eigenvalue weighted by Gasteiger charge is 2.31. The Kier molecular flexibility index (Phi) is 5.92. The van der Waals surface area contributed by atoms with Crippen LogP contribution in [-0.4, -0.2) is 36.4 Å². The maximum Gasteiger partial charge on any atom is 0.323 e. The van der Waals surface area contributed by atoms with Gasteiger partial charge in [-0.15, -0.1) is 0 Å². The van der Waals surface area contributed by atoms with Gasteiger partial charge in [0.05, 0.1) is 0 Å². The quantitative estimate of drug-likeness (QED) is 0.576. The molecule has 1 fully saturated rings. The lowest BCUT2D eigenvalue weighted by Gasteiger charge is -2.26. The second-order valence-corrected chi connectivity index (χ2v) is 5.19. The fraction of sp³-hybridized carbons (Fsp3) is 0.923. The zero-order chi connectivity index (χ0) is 12.7. The number of aliphatic carboxylic acids is 1. The third-order valence-electron chi connectivity index (χ3n) is 3.25. The van der Waals surface area contributed by atoms with Gasteiger partial charge in [0, 0.05) is 13.2 Å². The van der Waals surface area contributed by atoms with E-state index in [0.29, 0.717) is 13.0 Å². The van der Waals surface area contributed by atoms with Crippen LogP contribution in [0, 0.1) is 5.92 Å². The molecule has 0 heterocycles. The van der Waals surface area contributed by atoms with Crippen molar-refractivity contribution in [2.45, 2.75) is 51.5 Å². The largest absolute Gasteiger partial charge is 0.480 e. The van der Waals surface area contributed by atoms with E-state index in [2.05, 4.69) is 5.32 Å². The van der Waals surface area contributed by atoms with E-state index in [1.54, 1.807) is 6.92 Å². The molecule has 0 radical (unpaired) electrons. The van der Waals surface area contributed by atoms with Crippen LogP contribution in [0.1, 0.15) is 46.0 Å². The SMILES string of the molecule is CCCNC(C)(CCCOCC1CC1)C(=O)O. The number of hydrogen-bond acceptors (Lipinski definition) is 3. The first-order valence-corrected chi connectivity index (χ1v) is 6.64. The van der Waals surface area contributed by atoms with Crippen LogP contribution < -0.4 is 5.32 Å². The van der Waals surface area contributed by atoms with Crippen molar-refractivity contribution < 1.29 is 14.6 Å². The Labute approximate surface area is 104 Å². The molecule has 0 amide bonds. The van der Waals surface area contributed by atoms with Crippen molar-refractivity contribution in [1.29, 1.82) is 0 Å². The zero-order valence-electron chi connectivity index (χ0n) is 11.0. The molecule has 0 aromatic carbocycles. The molecule has 0 spiro atoms. The van der Waals surface area contributed by atoms with E-state index in [9.17, 15) is 9.90 Å². The van der Waals surface area contributed by atoms with Crippen LogP contribution >= 0.6 is 0 Å². The van der Waals surface area contributed by atoms with Crippen molar-refractivity contribution in [3.05, 3.63) is 0 Å². The van der Waals surface area contributed by atoms with Crippen LogP contribution in [0.25, 0.3) is 0 Å². The molecule has 1 saturated carbocycles. The van der Waals surface area contributed by atoms with Crippen molar-refractivity contribution in [2.75, 3.05) is 19.8 Å². The average molecular weight is 243 g/mol. The molecule has 0 bridgehead atoms. The van der Waals surface area contributed by atoms with Crippen LogP contribution in [0.5, 0.6) is 0 Å². The number of hydrogen-bond donors (Lipinski definition) is 2. The lowest BCUT2D eigenvalue weighted by molar-refractivity contribution is -0.144. The molecule has 17 heavy (non-hydrogen) atoms. The normalized spacial score (nSPS) is 18.9. The van der Waals surface area contributed by atoms with Gasteiger partial charge in [-0.3, -0.25) is 4.79 Å². The van der Waals surface area contributed by atoms with Gasteiger partial charge in [-0.25, -0.2) is 0 Å². The number of carbonyl (C=O) groups is 1. The molecular formula is C13H25NO3. The van der Waals surface area contributed by atoms with Gasteiger partial charge in [0.1, 0.15) is 5.54 Å². The highest BCUT2D eigenvalue weighted by molar-refractivity contribution is 5.78. The molecule has 100 valence electrons. The van der Waals surface area contributed by atoms with E-state index in [4.69, 9.17) is 4.74 Å². The summed E-state index contributed by atoms with van der Waals surface area (Å²) >= 11 is 0. The van der Waals surface area contributed by atoms with Gasteiger partial charge in [0.2, 0.25) is 0 Å². The predicted molar refractivity (Wildman–Crippen MR) is 67.1 cm³/mol. The van der Waals surface area contributed by atoms with Crippen LogP contribution in [0.3, 0.4) is 0 Å². The summed E-state index contributed by atoms with van der Waals surface area (Å²) in [5.41, 5.74) is -0.807. The fourth-order valence-electron chi connectivity index (χ4n) is 1.73. The molecule has 1 atom stereocenters. The maximum atomic E-state index is 11.2. The second kappa shape index (κ2) is 6.97. The summed E-state index contributed by atoms with van der Waals surface area (Å²) in [6.07, 6.45) is 4.95. The summed E-state index contributed by atoms with van der Waals surface area (Å²) in [5, 5.41) is 12.3. The van der Waals surface area contributed by atoms with Crippen LogP contribution in [0.4, 0.5) is 0 Å². The Morgan fingerprint density at radius 3 is 2.76 bits per heavy atom. The van der Waals surface area contributed by atoms with E-state index in [0.717, 1.165) is 31.9 Å². The van der Waals surface area contributed by atoms with Crippen molar-refractivity contribution in [2.24, 2.45) is 5.92 Å². The Bertz CT molecular complexity index is 241. The first-order valence-electron chi connectivity index (χ1n) is 6.64. The zero-order valence-corrected chi connectivity index (χ0v) is 11.0. The minimum atomic E-state index is -0.807. The summed E-state index contributed by atoms with van der Waals surface area (Å²) in [7, 11) is 0. The highest BCUT2D eigenvalue weighted by Crippen LogP contribution is 2.28. The summed E-state index contributed by atoms with van der Waals surface area (Å²) in [4.78, 5) is 11.2. The van der Waals surface area contributed by atoms with Crippen LogP contribution in [0.15, 0.2) is 0 Å². The Balaban J connectivity index is 2.15. The summed E-state index contributed by atoms with van der Waals surface area (Å²) in [6, 6.07) is 0. The topological polar surface area (TPSA) is 58.6 Å². The fourth-order valence-corrected chi connectivity index (χ4v) is 1.73. The minimum Gasteiger partial charge on any atom is -0.480 e. The summed E-state index contributed by atoms with van der Waals surface area (Å²) in [6.45, 7) is 6.06.